The summed E-state index contributed by atoms with van der Waals surface area (Å²) >= 11 is 8.64. The first-order valence-electron chi connectivity index (χ1n) is 6.43. The van der Waals surface area contributed by atoms with Crippen LogP contribution in [0.1, 0.15) is 16.5 Å². The van der Waals surface area contributed by atoms with Crippen LogP contribution in [-0.4, -0.2) is 5.78 Å². The van der Waals surface area contributed by atoms with Gasteiger partial charge in [-0.25, -0.2) is 0 Å². The molecule has 2 aromatic rings. The number of nitrogens with two attached hydrogens (primary N) is 1. The van der Waals surface area contributed by atoms with Crippen molar-refractivity contribution in [3.8, 4) is 0 Å². The molecule has 1 aromatic carbocycles. The van der Waals surface area contributed by atoms with Gasteiger partial charge in [0, 0.05) is 15.5 Å². The molecule has 1 aromatic heterocycles. The predicted molar refractivity (Wildman–Crippen MR) is 88.2 cm³/mol. The molecular formula is C15H12ClNO3S2. The normalized spacial score (nSPS) is 17.7. The highest BCUT2D eigenvalue weighted by molar-refractivity contribution is 7.94. The van der Waals surface area contributed by atoms with Crippen LogP contribution in [-0.2, 0) is 19.5 Å². The fourth-order valence-corrected chi connectivity index (χ4v) is 3.54. The highest BCUT2D eigenvalue weighted by Crippen LogP contribution is 2.34. The van der Waals surface area contributed by atoms with Crippen LogP contribution in [0, 0.1) is 0 Å². The van der Waals surface area contributed by atoms with Gasteiger partial charge in [0.2, 0.25) is 17.4 Å². The second-order valence-electron chi connectivity index (χ2n) is 4.53. The van der Waals surface area contributed by atoms with Crippen molar-refractivity contribution in [2.45, 2.75) is 11.9 Å². The van der Waals surface area contributed by atoms with Crippen LogP contribution >= 0.6 is 35.0 Å². The molecule has 0 bridgehead atoms. The molecule has 2 N–H and O–H groups in total. The van der Waals surface area contributed by atoms with Crippen molar-refractivity contribution in [1.29, 1.82) is 0 Å². The fourth-order valence-electron chi connectivity index (χ4n) is 1.95. The lowest BCUT2D eigenvalue weighted by atomic mass is 10.1. The van der Waals surface area contributed by atoms with Crippen LogP contribution in [0.5, 0.6) is 0 Å². The van der Waals surface area contributed by atoms with Crippen LogP contribution in [0.3, 0.4) is 0 Å². The predicted octanol–water partition coefficient (Wildman–Crippen LogP) is 4.03. The van der Waals surface area contributed by atoms with E-state index in [1.165, 1.54) is 12.0 Å². The van der Waals surface area contributed by atoms with Gasteiger partial charge < -0.3 is 14.7 Å². The van der Waals surface area contributed by atoms with Crippen molar-refractivity contribution in [2.75, 3.05) is 0 Å². The van der Waals surface area contributed by atoms with Crippen molar-refractivity contribution in [3.05, 3.63) is 68.9 Å². The molecule has 1 aliphatic heterocycles. The Kier molecular flexibility index (Phi) is 4.61. The van der Waals surface area contributed by atoms with Crippen LogP contribution < -0.4 is 5.73 Å². The molecule has 2 heterocycles. The van der Waals surface area contributed by atoms with Crippen molar-refractivity contribution in [1.82, 2.24) is 0 Å². The van der Waals surface area contributed by atoms with E-state index < -0.39 is 6.10 Å². The first kappa shape index (κ1) is 15.3. The summed E-state index contributed by atoms with van der Waals surface area (Å²) in [6, 6.07) is 10.8. The Morgan fingerprint density at radius 2 is 2.09 bits per heavy atom. The molecule has 0 radical (unpaired) electrons. The lowest BCUT2D eigenvalue weighted by Crippen LogP contribution is -2.10. The lowest BCUT2D eigenvalue weighted by Gasteiger charge is -2.09. The standard InChI is InChI=1S/C15H12ClNO3S2/c16-10-5-3-9(4-6-10)13-12(18)14(15(17)19-13)20-22-8-11-2-1-7-21-11/h1-7,13H,8,17H2. The molecule has 114 valence electrons. The number of Topliss-reactive ketones (excluding diaryl/α,β-unsaturated/α-hetero) is 1. The van der Waals surface area contributed by atoms with E-state index in [1.807, 2.05) is 17.5 Å². The molecule has 0 saturated carbocycles. The fraction of sp³-hybridized carbons (Fsp3) is 0.133. The number of rotatable bonds is 5. The summed E-state index contributed by atoms with van der Waals surface area (Å²) in [5.41, 5.74) is 6.45. The minimum absolute atomic E-state index is 0.0172. The maximum atomic E-state index is 12.4. The summed E-state index contributed by atoms with van der Waals surface area (Å²) in [7, 11) is 0. The number of ketones is 1. The van der Waals surface area contributed by atoms with E-state index in [0.29, 0.717) is 16.3 Å². The van der Waals surface area contributed by atoms with Crippen LogP contribution in [0.15, 0.2) is 53.4 Å². The van der Waals surface area contributed by atoms with Gasteiger partial charge >= 0.3 is 0 Å². The first-order valence-corrected chi connectivity index (χ1v) is 8.60. The molecule has 0 fully saturated rings. The number of carbonyl (C=O) groups excluding carboxylic acids is 1. The van der Waals surface area contributed by atoms with E-state index in [4.69, 9.17) is 26.3 Å². The van der Waals surface area contributed by atoms with Gasteiger partial charge in [0.1, 0.15) is 0 Å². The summed E-state index contributed by atoms with van der Waals surface area (Å²) in [5.74, 6) is 0.455. The topological polar surface area (TPSA) is 61.5 Å². The van der Waals surface area contributed by atoms with Crippen molar-refractivity contribution in [3.63, 3.8) is 0 Å². The van der Waals surface area contributed by atoms with Crippen LogP contribution in [0.25, 0.3) is 0 Å². The van der Waals surface area contributed by atoms with Gasteiger partial charge in [-0.2, -0.15) is 0 Å². The quantitative estimate of drug-likeness (QED) is 0.822. The summed E-state index contributed by atoms with van der Waals surface area (Å²) in [6.45, 7) is 0. The van der Waals surface area contributed by atoms with E-state index in [1.54, 1.807) is 35.6 Å². The zero-order valence-corrected chi connectivity index (χ0v) is 13.7. The third-order valence-electron chi connectivity index (χ3n) is 3.03. The monoisotopic (exact) mass is 353 g/mol. The summed E-state index contributed by atoms with van der Waals surface area (Å²) in [5, 5.41) is 2.59. The molecule has 3 rings (SSSR count). The molecular weight excluding hydrogens is 342 g/mol. The Balaban J connectivity index is 1.64. The highest BCUT2D eigenvalue weighted by Gasteiger charge is 2.37. The number of ether oxygens (including phenoxy) is 1. The minimum Gasteiger partial charge on any atom is -0.460 e. The first-order chi connectivity index (χ1) is 10.6. The molecule has 1 atom stereocenters. The van der Waals surface area contributed by atoms with Gasteiger partial charge in [-0.3, -0.25) is 4.79 Å². The maximum Gasteiger partial charge on any atom is 0.249 e. The summed E-state index contributed by atoms with van der Waals surface area (Å²) in [4.78, 5) is 13.5. The van der Waals surface area contributed by atoms with Crippen molar-refractivity contribution >= 4 is 40.8 Å². The Morgan fingerprint density at radius 3 is 2.77 bits per heavy atom. The molecule has 1 unspecified atom stereocenters. The van der Waals surface area contributed by atoms with E-state index in [2.05, 4.69) is 0 Å². The number of benzene rings is 1. The Labute approximate surface area is 141 Å². The van der Waals surface area contributed by atoms with Gasteiger partial charge in [-0.15, -0.1) is 11.3 Å². The average Bonchev–Trinajstić information content (AvgIpc) is 3.11. The number of hydrogen-bond acceptors (Lipinski definition) is 6. The van der Waals surface area contributed by atoms with Crippen LogP contribution in [0.4, 0.5) is 0 Å². The SMILES string of the molecule is NC1=C(OSCc2cccs2)C(=O)C(c2ccc(Cl)cc2)O1. The zero-order chi connectivity index (χ0) is 15.5. The number of carbonyl (C=O) groups is 1. The molecule has 4 nitrogen and oxygen atoms in total. The third kappa shape index (κ3) is 3.24. The second kappa shape index (κ2) is 6.64. The van der Waals surface area contributed by atoms with Gasteiger partial charge in [0.25, 0.3) is 0 Å². The Hall–Kier alpha value is -1.63. The summed E-state index contributed by atoms with van der Waals surface area (Å²) in [6.07, 6.45) is -0.769. The molecule has 7 heteroatoms. The van der Waals surface area contributed by atoms with Crippen molar-refractivity contribution < 1.29 is 13.7 Å². The zero-order valence-electron chi connectivity index (χ0n) is 11.3. The Morgan fingerprint density at radius 1 is 1.32 bits per heavy atom. The van der Waals surface area contributed by atoms with E-state index in [-0.39, 0.29) is 17.4 Å². The molecule has 0 amide bonds. The molecule has 0 aliphatic carbocycles. The smallest absolute Gasteiger partial charge is 0.249 e. The van der Waals surface area contributed by atoms with Gasteiger partial charge in [-0.1, -0.05) is 29.8 Å². The van der Waals surface area contributed by atoms with Crippen molar-refractivity contribution in [2.24, 2.45) is 5.73 Å². The van der Waals surface area contributed by atoms with Crippen LogP contribution in [0.2, 0.25) is 5.02 Å². The number of thiophene rings is 1. The Bertz CT molecular complexity index is 698. The van der Waals surface area contributed by atoms with Gasteiger partial charge in [0.15, 0.2) is 6.10 Å². The number of hydrogen-bond donors (Lipinski definition) is 1. The maximum absolute atomic E-state index is 12.4. The van der Waals surface area contributed by atoms with Gasteiger partial charge in [-0.05, 0) is 23.6 Å². The second-order valence-corrected chi connectivity index (χ2v) is 6.69. The average molecular weight is 354 g/mol. The minimum atomic E-state index is -0.769. The van der Waals surface area contributed by atoms with E-state index >= 15 is 0 Å². The third-order valence-corrected chi connectivity index (χ3v) is 5.05. The van der Waals surface area contributed by atoms with E-state index in [9.17, 15) is 4.79 Å². The molecule has 22 heavy (non-hydrogen) atoms. The highest BCUT2D eigenvalue weighted by atomic mass is 35.5. The lowest BCUT2D eigenvalue weighted by molar-refractivity contribution is -0.122. The summed E-state index contributed by atoms with van der Waals surface area (Å²) < 4.78 is 10.9. The number of halogens is 1. The molecule has 0 saturated heterocycles. The largest absolute Gasteiger partial charge is 0.460 e. The van der Waals surface area contributed by atoms with Gasteiger partial charge in [0.05, 0.1) is 17.8 Å². The molecule has 0 spiro atoms. The molecule has 1 aliphatic rings. The van der Waals surface area contributed by atoms with E-state index in [0.717, 1.165) is 4.88 Å².